The molecule has 2 amide bonds. The van der Waals surface area contributed by atoms with Crippen LogP contribution in [-0.4, -0.2) is 18.4 Å². The van der Waals surface area contributed by atoms with Crippen molar-refractivity contribution < 1.29 is 14.3 Å². The van der Waals surface area contributed by atoms with Crippen LogP contribution < -0.4 is 15.4 Å². The number of anilines is 2. The van der Waals surface area contributed by atoms with Crippen LogP contribution in [0.5, 0.6) is 5.75 Å². The van der Waals surface area contributed by atoms with Gasteiger partial charge in [0.05, 0.1) is 15.6 Å². The molecule has 0 radical (unpaired) electrons. The number of ether oxygens (including phenoxy) is 1. The van der Waals surface area contributed by atoms with Crippen molar-refractivity contribution in [1.82, 2.24) is 0 Å². The molecule has 30 heavy (non-hydrogen) atoms. The molecular formula is C23H20Cl2N2O3. The van der Waals surface area contributed by atoms with Gasteiger partial charge in [0, 0.05) is 11.4 Å². The maximum atomic E-state index is 12.4. The normalized spacial score (nSPS) is 10.4. The van der Waals surface area contributed by atoms with E-state index < -0.39 is 0 Å². The van der Waals surface area contributed by atoms with Crippen molar-refractivity contribution in [2.45, 2.75) is 13.8 Å². The summed E-state index contributed by atoms with van der Waals surface area (Å²) in [6.45, 7) is 3.62. The molecule has 0 saturated heterocycles. The van der Waals surface area contributed by atoms with Crippen molar-refractivity contribution >= 4 is 46.4 Å². The summed E-state index contributed by atoms with van der Waals surface area (Å²) in [6, 6.07) is 17.3. The maximum absolute atomic E-state index is 12.4. The van der Waals surface area contributed by atoms with E-state index >= 15 is 0 Å². The number of benzene rings is 3. The molecule has 0 aliphatic rings. The zero-order valence-electron chi connectivity index (χ0n) is 16.5. The fourth-order valence-electron chi connectivity index (χ4n) is 2.94. The van der Waals surface area contributed by atoms with Gasteiger partial charge in [-0.2, -0.15) is 0 Å². The smallest absolute Gasteiger partial charge is 0.262 e. The summed E-state index contributed by atoms with van der Waals surface area (Å²) in [6.07, 6.45) is 0. The van der Waals surface area contributed by atoms with E-state index in [0.717, 1.165) is 11.1 Å². The minimum Gasteiger partial charge on any atom is -0.482 e. The molecule has 0 heterocycles. The highest BCUT2D eigenvalue weighted by atomic mass is 35.5. The Kier molecular flexibility index (Phi) is 6.98. The highest BCUT2D eigenvalue weighted by Crippen LogP contribution is 2.29. The number of amides is 2. The fourth-order valence-corrected chi connectivity index (χ4v) is 3.54. The zero-order valence-corrected chi connectivity index (χ0v) is 18.0. The first-order chi connectivity index (χ1) is 14.3. The lowest BCUT2D eigenvalue weighted by Crippen LogP contribution is -2.20. The summed E-state index contributed by atoms with van der Waals surface area (Å²) in [7, 11) is 0. The summed E-state index contributed by atoms with van der Waals surface area (Å²) in [5, 5.41) is 6.34. The van der Waals surface area contributed by atoms with Gasteiger partial charge < -0.3 is 15.4 Å². The van der Waals surface area contributed by atoms with Crippen molar-refractivity contribution in [3.8, 4) is 5.75 Å². The lowest BCUT2D eigenvalue weighted by Gasteiger charge is -2.13. The molecule has 0 atom stereocenters. The molecule has 3 aromatic carbocycles. The average molecular weight is 443 g/mol. The van der Waals surface area contributed by atoms with Crippen LogP contribution >= 0.6 is 23.2 Å². The van der Waals surface area contributed by atoms with E-state index in [1.807, 2.05) is 19.9 Å². The summed E-state index contributed by atoms with van der Waals surface area (Å²) in [4.78, 5) is 24.7. The van der Waals surface area contributed by atoms with Gasteiger partial charge in [0.1, 0.15) is 5.75 Å². The SMILES string of the molecule is Cc1cc(C)c(OCC(=O)Nc2cccc(NC(=O)c3ccccc3Cl)c2)c(Cl)c1. The van der Waals surface area contributed by atoms with Crippen LogP contribution in [0.1, 0.15) is 21.5 Å². The van der Waals surface area contributed by atoms with Crippen LogP contribution in [0.4, 0.5) is 11.4 Å². The third-order valence-corrected chi connectivity index (χ3v) is 4.85. The largest absolute Gasteiger partial charge is 0.482 e. The number of halogens is 2. The monoisotopic (exact) mass is 442 g/mol. The Balaban J connectivity index is 1.62. The number of hydrogen-bond donors (Lipinski definition) is 2. The van der Waals surface area contributed by atoms with E-state index in [-0.39, 0.29) is 18.4 Å². The van der Waals surface area contributed by atoms with E-state index in [9.17, 15) is 9.59 Å². The molecule has 0 spiro atoms. The van der Waals surface area contributed by atoms with Gasteiger partial charge in [-0.3, -0.25) is 9.59 Å². The highest BCUT2D eigenvalue weighted by Gasteiger charge is 2.12. The van der Waals surface area contributed by atoms with Crippen LogP contribution in [-0.2, 0) is 4.79 Å². The topological polar surface area (TPSA) is 67.4 Å². The maximum Gasteiger partial charge on any atom is 0.262 e. The number of carbonyl (C=O) groups is 2. The highest BCUT2D eigenvalue weighted by molar-refractivity contribution is 6.34. The summed E-state index contributed by atoms with van der Waals surface area (Å²) in [5.74, 6) is -0.198. The van der Waals surface area contributed by atoms with E-state index in [1.54, 1.807) is 54.6 Å². The van der Waals surface area contributed by atoms with Gasteiger partial charge in [0.15, 0.2) is 6.61 Å². The van der Waals surface area contributed by atoms with Gasteiger partial charge in [-0.1, -0.05) is 47.5 Å². The van der Waals surface area contributed by atoms with Crippen molar-refractivity contribution in [2.24, 2.45) is 0 Å². The number of hydrogen-bond acceptors (Lipinski definition) is 3. The Morgan fingerprint density at radius 3 is 2.27 bits per heavy atom. The second kappa shape index (κ2) is 9.65. The van der Waals surface area contributed by atoms with Gasteiger partial charge in [0.2, 0.25) is 0 Å². The molecule has 0 aliphatic heterocycles. The summed E-state index contributed by atoms with van der Waals surface area (Å²) < 4.78 is 5.59. The molecule has 7 heteroatoms. The fraction of sp³-hybridized carbons (Fsp3) is 0.130. The lowest BCUT2D eigenvalue weighted by atomic mass is 10.1. The standard InChI is InChI=1S/C23H20Cl2N2O3/c1-14-10-15(2)22(20(25)11-14)30-13-21(28)26-16-6-5-7-17(12-16)27-23(29)18-8-3-4-9-19(18)24/h3-12H,13H2,1-2H3,(H,26,28)(H,27,29). The number of aryl methyl sites for hydroxylation is 2. The molecule has 0 bridgehead atoms. The molecular weight excluding hydrogens is 423 g/mol. The molecule has 154 valence electrons. The van der Waals surface area contributed by atoms with E-state index in [4.69, 9.17) is 27.9 Å². The van der Waals surface area contributed by atoms with Gasteiger partial charge in [-0.25, -0.2) is 0 Å². The molecule has 0 aromatic heterocycles. The van der Waals surface area contributed by atoms with Crippen molar-refractivity contribution in [3.63, 3.8) is 0 Å². The molecule has 3 rings (SSSR count). The van der Waals surface area contributed by atoms with Crippen LogP contribution in [0.2, 0.25) is 10.0 Å². The zero-order chi connectivity index (χ0) is 21.7. The second-order valence-corrected chi connectivity index (χ2v) is 7.56. The van der Waals surface area contributed by atoms with Gasteiger partial charge >= 0.3 is 0 Å². The third-order valence-electron chi connectivity index (χ3n) is 4.24. The minimum atomic E-state index is -0.347. The molecule has 2 N–H and O–H groups in total. The van der Waals surface area contributed by atoms with E-state index in [1.165, 1.54) is 0 Å². The Morgan fingerprint density at radius 2 is 1.57 bits per heavy atom. The van der Waals surface area contributed by atoms with Crippen LogP contribution in [0.3, 0.4) is 0 Å². The molecule has 0 fully saturated rings. The Labute approximate surface area is 185 Å². The Morgan fingerprint density at radius 1 is 0.867 bits per heavy atom. The first-order valence-corrected chi connectivity index (χ1v) is 9.94. The lowest BCUT2D eigenvalue weighted by molar-refractivity contribution is -0.118. The number of carbonyl (C=O) groups excluding carboxylic acids is 2. The van der Waals surface area contributed by atoms with E-state index in [2.05, 4.69) is 10.6 Å². The van der Waals surface area contributed by atoms with Crippen molar-refractivity contribution in [3.05, 3.63) is 87.4 Å². The molecule has 5 nitrogen and oxygen atoms in total. The summed E-state index contributed by atoms with van der Waals surface area (Å²) in [5.41, 5.74) is 3.29. The summed E-state index contributed by atoms with van der Waals surface area (Å²) >= 11 is 12.3. The number of nitrogens with one attached hydrogen (secondary N) is 2. The van der Waals surface area contributed by atoms with Gasteiger partial charge in [-0.15, -0.1) is 0 Å². The average Bonchev–Trinajstić information content (AvgIpc) is 2.67. The molecule has 3 aromatic rings. The van der Waals surface area contributed by atoms with Crippen molar-refractivity contribution in [2.75, 3.05) is 17.2 Å². The first kappa shape index (κ1) is 21.7. The third kappa shape index (κ3) is 5.53. The first-order valence-electron chi connectivity index (χ1n) is 9.19. The Bertz CT molecular complexity index is 1080. The minimum absolute atomic E-state index is 0.195. The van der Waals surface area contributed by atoms with Gasteiger partial charge in [0.25, 0.3) is 11.8 Å². The number of rotatable bonds is 6. The van der Waals surface area contributed by atoms with Crippen LogP contribution in [0, 0.1) is 13.8 Å². The quantitative estimate of drug-likeness (QED) is 0.500. The van der Waals surface area contributed by atoms with E-state index in [0.29, 0.717) is 32.7 Å². The Hall–Kier alpha value is -3.02. The van der Waals surface area contributed by atoms with Crippen molar-refractivity contribution in [1.29, 1.82) is 0 Å². The molecule has 0 saturated carbocycles. The van der Waals surface area contributed by atoms with Gasteiger partial charge in [-0.05, 0) is 61.4 Å². The van der Waals surface area contributed by atoms with Crippen LogP contribution in [0.15, 0.2) is 60.7 Å². The predicted octanol–water partition coefficient (Wildman–Crippen LogP) is 5.88. The van der Waals surface area contributed by atoms with Crippen LogP contribution in [0.25, 0.3) is 0 Å². The second-order valence-electron chi connectivity index (χ2n) is 6.74. The predicted molar refractivity (Wildman–Crippen MR) is 121 cm³/mol. The molecule has 0 unspecified atom stereocenters. The molecule has 0 aliphatic carbocycles.